The predicted molar refractivity (Wildman–Crippen MR) is 63.1 cm³/mol. The van der Waals surface area contributed by atoms with Gasteiger partial charge in [-0.05, 0) is 6.92 Å². The molecule has 1 aliphatic rings. The summed E-state index contributed by atoms with van der Waals surface area (Å²) in [6.07, 6.45) is 1.57. The number of esters is 1. The zero-order chi connectivity index (χ0) is 12.3. The molecule has 0 saturated carbocycles. The molecule has 1 aromatic heterocycles. The van der Waals surface area contributed by atoms with Gasteiger partial charge in [0.15, 0.2) is 11.3 Å². The lowest BCUT2D eigenvalue weighted by atomic mass is 10.2. The zero-order valence-corrected chi connectivity index (χ0v) is 10.5. The summed E-state index contributed by atoms with van der Waals surface area (Å²) in [5.41, 5.74) is 0.997. The minimum absolute atomic E-state index is 0.198. The number of nitrogens with zero attached hydrogens (tertiary/aromatic N) is 2. The zero-order valence-electron chi connectivity index (χ0n) is 9.64. The molecule has 0 fully saturated rings. The molecule has 2 heterocycles. The lowest BCUT2D eigenvalue weighted by Gasteiger charge is -2.24. The van der Waals surface area contributed by atoms with Gasteiger partial charge >= 0.3 is 5.97 Å². The van der Waals surface area contributed by atoms with Gasteiger partial charge in [-0.3, -0.25) is 14.5 Å². The average Bonchev–Trinajstić information content (AvgIpc) is 2.71. The first-order valence-corrected chi connectivity index (χ1v) is 6.36. The van der Waals surface area contributed by atoms with Gasteiger partial charge in [0, 0.05) is 24.4 Å². The fourth-order valence-electron chi connectivity index (χ4n) is 1.84. The highest BCUT2D eigenvalue weighted by Gasteiger charge is 2.22. The number of ether oxygens (including phenoxy) is 1. The third-order valence-electron chi connectivity index (χ3n) is 2.59. The van der Waals surface area contributed by atoms with Gasteiger partial charge in [-0.15, -0.1) is 11.3 Å². The number of fused-ring (bicyclic) bond motifs is 1. The summed E-state index contributed by atoms with van der Waals surface area (Å²) in [5, 5.41) is 0.521. The molecule has 0 spiro atoms. The molecule has 1 aromatic rings. The Labute approximate surface area is 103 Å². The minimum atomic E-state index is -0.198. The van der Waals surface area contributed by atoms with Crippen molar-refractivity contribution in [3.8, 4) is 0 Å². The van der Waals surface area contributed by atoms with E-state index in [4.69, 9.17) is 4.74 Å². The van der Waals surface area contributed by atoms with Gasteiger partial charge in [-0.25, -0.2) is 4.98 Å². The Bertz CT molecular complexity index is 430. The summed E-state index contributed by atoms with van der Waals surface area (Å²) >= 11 is 1.41. The number of thiazole rings is 1. The Hall–Kier alpha value is -1.27. The van der Waals surface area contributed by atoms with E-state index in [0.29, 0.717) is 24.7 Å². The third kappa shape index (κ3) is 2.89. The van der Waals surface area contributed by atoms with Gasteiger partial charge in [0.2, 0.25) is 0 Å². The number of aromatic nitrogens is 1. The first-order chi connectivity index (χ1) is 8.22. The maximum Gasteiger partial charge on any atom is 0.320 e. The molecular weight excluding hydrogens is 240 g/mol. The van der Waals surface area contributed by atoms with E-state index in [9.17, 15) is 9.59 Å². The molecule has 0 aromatic carbocycles. The molecule has 0 amide bonds. The standard InChI is InChI=1S/C11H14N2O3S/c1-2-16-11(15)6-13-4-3-8-9(5-13)17-10(7-14)12-8/h7H,2-6H2,1H3. The van der Waals surface area contributed by atoms with Gasteiger partial charge in [0.05, 0.1) is 18.8 Å². The van der Waals surface area contributed by atoms with E-state index in [1.54, 1.807) is 6.92 Å². The molecule has 0 saturated heterocycles. The van der Waals surface area contributed by atoms with Gasteiger partial charge in [-0.1, -0.05) is 0 Å². The van der Waals surface area contributed by atoms with E-state index >= 15 is 0 Å². The van der Waals surface area contributed by atoms with E-state index in [2.05, 4.69) is 4.98 Å². The van der Waals surface area contributed by atoms with Crippen LogP contribution in [0.4, 0.5) is 0 Å². The number of rotatable bonds is 4. The van der Waals surface area contributed by atoms with Gasteiger partial charge < -0.3 is 4.74 Å². The van der Waals surface area contributed by atoms with Crippen molar-refractivity contribution in [1.82, 2.24) is 9.88 Å². The minimum Gasteiger partial charge on any atom is -0.465 e. The first kappa shape index (κ1) is 12.2. The molecular formula is C11H14N2O3S. The predicted octanol–water partition coefficient (Wildman–Crippen LogP) is 0.877. The summed E-state index contributed by atoms with van der Waals surface area (Å²) in [7, 11) is 0. The maximum absolute atomic E-state index is 11.4. The SMILES string of the molecule is CCOC(=O)CN1CCc2nc(C=O)sc2C1. The van der Waals surface area contributed by atoms with Crippen LogP contribution in [0.5, 0.6) is 0 Å². The van der Waals surface area contributed by atoms with Crippen LogP contribution >= 0.6 is 11.3 Å². The number of hydrogen-bond donors (Lipinski definition) is 0. The van der Waals surface area contributed by atoms with Crippen LogP contribution in [0.3, 0.4) is 0 Å². The van der Waals surface area contributed by atoms with Crippen molar-refractivity contribution in [2.75, 3.05) is 19.7 Å². The molecule has 2 rings (SSSR count). The molecule has 0 N–H and O–H groups in total. The normalized spacial score (nSPS) is 15.4. The van der Waals surface area contributed by atoms with Crippen LogP contribution in [0, 0.1) is 0 Å². The maximum atomic E-state index is 11.4. The van der Waals surface area contributed by atoms with Crippen molar-refractivity contribution < 1.29 is 14.3 Å². The van der Waals surface area contributed by atoms with Crippen molar-refractivity contribution in [1.29, 1.82) is 0 Å². The molecule has 0 radical (unpaired) electrons. The second-order valence-electron chi connectivity index (χ2n) is 3.81. The summed E-state index contributed by atoms with van der Waals surface area (Å²) in [6.45, 7) is 3.98. The number of carbonyl (C=O) groups excluding carboxylic acids is 2. The Morgan fingerprint density at radius 1 is 1.65 bits per heavy atom. The highest BCUT2D eigenvalue weighted by molar-refractivity contribution is 7.13. The number of aldehydes is 1. The fraction of sp³-hybridized carbons (Fsp3) is 0.545. The molecule has 0 unspecified atom stereocenters. The van der Waals surface area contributed by atoms with Crippen molar-refractivity contribution >= 4 is 23.6 Å². The number of carbonyl (C=O) groups is 2. The van der Waals surface area contributed by atoms with Crippen LogP contribution < -0.4 is 0 Å². The van der Waals surface area contributed by atoms with Crippen LogP contribution in [0.1, 0.15) is 27.3 Å². The van der Waals surface area contributed by atoms with E-state index in [-0.39, 0.29) is 5.97 Å². The third-order valence-corrected chi connectivity index (χ3v) is 3.59. The topological polar surface area (TPSA) is 59.5 Å². The fourth-order valence-corrected chi connectivity index (χ4v) is 2.81. The summed E-state index contributed by atoms with van der Waals surface area (Å²) in [4.78, 5) is 29.3. The second-order valence-corrected chi connectivity index (χ2v) is 4.92. The van der Waals surface area contributed by atoms with Crippen LogP contribution in [0.25, 0.3) is 0 Å². The molecule has 6 heteroatoms. The Balaban J connectivity index is 1.98. The quantitative estimate of drug-likeness (QED) is 0.589. The van der Waals surface area contributed by atoms with Crippen LogP contribution in [-0.4, -0.2) is 41.8 Å². The highest BCUT2D eigenvalue weighted by atomic mass is 32.1. The second kappa shape index (κ2) is 5.37. The summed E-state index contributed by atoms with van der Waals surface area (Å²) in [5.74, 6) is -0.198. The molecule has 1 aliphatic heterocycles. The molecule has 17 heavy (non-hydrogen) atoms. The molecule has 5 nitrogen and oxygen atoms in total. The van der Waals surface area contributed by atoms with Crippen LogP contribution in [-0.2, 0) is 22.5 Å². The lowest BCUT2D eigenvalue weighted by molar-refractivity contribution is -0.144. The Kier molecular flexibility index (Phi) is 3.86. The average molecular weight is 254 g/mol. The van der Waals surface area contributed by atoms with E-state index in [1.165, 1.54) is 11.3 Å². The molecule has 0 atom stereocenters. The largest absolute Gasteiger partial charge is 0.465 e. The van der Waals surface area contributed by atoms with Crippen molar-refractivity contribution in [2.45, 2.75) is 19.9 Å². The summed E-state index contributed by atoms with van der Waals surface area (Å²) < 4.78 is 4.91. The Morgan fingerprint density at radius 2 is 2.47 bits per heavy atom. The highest BCUT2D eigenvalue weighted by Crippen LogP contribution is 2.24. The van der Waals surface area contributed by atoms with E-state index in [1.807, 2.05) is 4.90 Å². The first-order valence-electron chi connectivity index (χ1n) is 5.54. The van der Waals surface area contributed by atoms with E-state index < -0.39 is 0 Å². The molecule has 92 valence electrons. The van der Waals surface area contributed by atoms with Crippen molar-refractivity contribution in [3.63, 3.8) is 0 Å². The monoisotopic (exact) mass is 254 g/mol. The summed E-state index contributed by atoms with van der Waals surface area (Å²) in [6, 6.07) is 0. The van der Waals surface area contributed by atoms with Crippen LogP contribution in [0.2, 0.25) is 0 Å². The lowest BCUT2D eigenvalue weighted by Crippen LogP contribution is -2.35. The van der Waals surface area contributed by atoms with Gasteiger partial charge in [-0.2, -0.15) is 0 Å². The Morgan fingerprint density at radius 3 is 3.18 bits per heavy atom. The van der Waals surface area contributed by atoms with Crippen molar-refractivity contribution in [3.05, 3.63) is 15.6 Å². The van der Waals surface area contributed by atoms with Gasteiger partial charge in [0.25, 0.3) is 0 Å². The number of hydrogen-bond acceptors (Lipinski definition) is 6. The smallest absolute Gasteiger partial charge is 0.320 e. The molecule has 0 aliphatic carbocycles. The van der Waals surface area contributed by atoms with Crippen molar-refractivity contribution in [2.24, 2.45) is 0 Å². The van der Waals surface area contributed by atoms with E-state index in [0.717, 1.165) is 29.8 Å². The molecule has 0 bridgehead atoms. The van der Waals surface area contributed by atoms with Gasteiger partial charge in [0.1, 0.15) is 0 Å². The van der Waals surface area contributed by atoms with Crippen LogP contribution in [0.15, 0.2) is 0 Å².